The molecule has 1 aliphatic heterocycles. The highest BCUT2D eigenvalue weighted by Gasteiger charge is 2.36. The van der Waals surface area contributed by atoms with E-state index in [2.05, 4.69) is 4.85 Å². The van der Waals surface area contributed by atoms with Crippen molar-refractivity contribution in [3.63, 3.8) is 0 Å². The fraction of sp³-hybridized carbons (Fsp3) is 0.391. The first-order valence-corrected chi connectivity index (χ1v) is 9.69. The van der Waals surface area contributed by atoms with Gasteiger partial charge in [0.2, 0.25) is 0 Å². The van der Waals surface area contributed by atoms with Crippen molar-refractivity contribution in [2.75, 3.05) is 18.0 Å². The van der Waals surface area contributed by atoms with E-state index in [9.17, 15) is 23.1 Å². The Balaban J connectivity index is 1.80. The Morgan fingerprint density at radius 1 is 1.27 bits per heavy atom. The summed E-state index contributed by atoms with van der Waals surface area (Å²) in [5, 5.41) is 10.9. The summed E-state index contributed by atoms with van der Waals surface area (Å²) < 4.78 is 39.6. The summed E-state index contributed by atoms with van der Waals surface area (Å²) in [7, 11) is 0. The summed E-state index contributed by atoms with van der Waals surface area (Å²) in [5.74, 6) is -0.564. The lowest BCUT2D eigenvalue weighted by Crippen LogP contribution is -2.49. The standard InChI is InChI=1S/C23H23F3N2O2/c1-15-6-4-8-20-17(15)7-5-11-28(20)14-22(2,30)21(29)13-16-9-10-19(27-3)18(12-16)23(24,25)26/h4,6,8-10,12,30H,5,7,11,13-14H2,1-2H3/t22-/m0/s1. The van der Waals surface area contributed by atoms with Crippen LogP contribution in [-0.4, -0.2) is 29.6 Å². The summed E-state index contributed by atoms with van der Waals surface area (Å²) in [6.45, 7) is 11.1. The largest absolute Gasteiger partial charge is 0.407 e. The van der Waals surface area contributed by atoms with Gasteiger partial charge >= 0.3 is 6.18 Å². The zero-order chi connectivity index (χ0) is 22.1. The van der Waals surface area contributed by atoms with Gasteiger partial charge in [-0.05, 0) is 49.4 Å². The summed E-state index contributed by atoms with van der Waals surface area (Å²) in [4.78, 5) is 17.6. The lowest BCUT2D eigenvalue weighted by atomic mass is 9.91. The molecule has 0 bridgehead atoms. The minimum absolute atomic E-state index is 0.0640. The van der Waals surface area contributed by atoms with Crippen molar-refractivity contribution in [3.8, 4) is 0 Å². The highest BCUT2D eigenvalue weighted by atomic mass is 19.4. The molecule has 3 rings (SSSR count). The molecule has 30 heavy (non-hydrogen) atoms. The van der Waals surface area contributed by atoms with Crippen LogP contribution >= 0.6 is 0 Å². The van der Waals surface area contributed by atoms with Crippen LogP contribution in [0.1, 0.15) is 35.6 Å². The predicted octanol–water partition coefficient (Wildman–Crippen LogP) is 4.88. The number of carbonyl (C=O) groups is 1. The molecule has 0 radical (unpaired) electrons. The molecule has 7 heteroatoms. The average molecular weight is 416 g/mol. The number of fused-ring (bicyclic) bond motifs is 1. The molecule has 1 aliphatic rings. The van der Waals surface area contributed by atoms with E-state index in [0.717, 1.165) is 36.2 Å². The second-order valence-corrected chi connectivity index (χ2v) is 7.93. The molecule has 0 amide bonds. The fourth-order valence-corrected chi connectivity index (χ4v) is 3.89. The molecule has 0 spiro atoms. The molecule has 2 aromatic carbocycles. The van der Waals surface area contributed by atoms with Crippen molar-refractivity contribution in [1.82, 2.24) is 0 Å². The van der Waals surface area contributed by atoms with Gasteiger partial charge in [-0.15, -0.1) is 0 Å². The minimum Gasteiger partial charge on any atom is -0.380 e. The van der Waals surface area contributed by atoms with Gasteiger partial charge in [0.15, 0.2) is 11.5 Å². The van der Waals surface area contributed by atoms with Crippen molar-refractivity contribution in [2.24, 2.45) is 0 Å². The molecule has 0 fully saturated rings. The van der Waals surface area contributed by atoms with Gasteiger partial charge in [-0.3, -0.25) is 4.79 Å². The number of ketones is 1. The first-order valence-electron chi connectivity index (χ1n) is 9.69. The van der Waals surface area contributed by atoms with E-state index in [-0.39, 0.29) is 18.5 Å². The lowest BCUT2D eigenvalue weighted by Gasteiger charge is -2.36. The van der Waals surface area contributed by atoms with Gasteiger partial charge in [-0.25, -0.2) is 4.85 Å². The van der Waals surface area contributed by atoms with Crippen LogP contribution in [0.3, 0.4) is 0 Å². The van der Waals surface area contributed by atoms with Crippen LogP contribution in [0.2, 0.25) is 0 Å². The molecule has 2 aromatic rings. The van der Waals surface area contributed by atoms with Crippen molar-refractivity contribution in [2.45, 2.75) is 44.9 Å². The van der Waals surface area contributed by atoms with Gasteiger partial charge in [0.1, 0.15) is 5.60 Å². The maximum Gasteiger partial charge on any atom is 0.407 e. The minimum atomic E-state index is -4.68. The molecule has 0 aromatic heterocycles. The number of hydrogen-bond donors (Lipinski definition) is 1. The number of aliphatic hydroxyl groups is 1. The van der Waals surface area contributed by atoms with Crippen molar-refractivity contribution < 1.29 is 23.1 Å². The highest BCUT2D eigenvalue weighted by Crippen LogP contribution is 2.37. The monoisotopic (exact) mass is 416 g/mol. The first kappa shape index (κ1) is 21.8. The molecule has 4 nitrogen and oxygen atoms in total. The van der Waals surface area contributed by atoms with Crippen LogP contribution in [0.5, 0.6) is 0 Å². The molecule has 1 heterocycles. The number of rotatable bonds is 5. The second kappa shape index (κ2) is 8.11. The average Bonchev–Trinajstić information content (AvgIpc) is 2.68. The zero-order valence-electron chi connectivity index (χ0n) is 16.9. The molecule has 0 saturated carbocycles. The van der Waals surface area contributed by atoms with Crippen molar-refractivity contribution in [1.29, 1.82) is 0 Å². The number of aryl methyl sites for hydroxylation is 1. The van der Waals surface area contributed by atoms with Crippen LogP contribution in [-0.2, 0) is 23.8 Å². The van der Waals surface area contributed by atoms with Crippen LogP contribution in [0.15, 0.2) is 36.4 Å². The molecule has 0 saturated heterocycles. The number of alkyl halides is 3. The number of nitrogens with zero attached hydrogens (tertiary/aromatic N) is 2. The van der Waals surface area contributed by atoms with Gasteiger partial charge in [-0.1, -0.05) is 30.3 Å². The maximum atomic E-state index is 13.2. The van der Waals surface area contributed by atoms with Crippen LogP contribution < -0.4 is 4.90 Å². The summed E-state index contributed by atoms with van der Waals surface area (Å²) in [5.41, 5.74) is 0.146. The zero-order valence-corrected chi connectivity index (χ0v) is 16.9. The highest BCUT2D eigenvalue weighted by molar-refractivity contribution is 5.89. The third-order valence-corrected chi connectivity index (χ3v) is 5.53. The van der Waals surface area contributed by atoms with Gasteiger partial charge in [0.05, 0.1) is 18.7 Å². The number of hydrogen-bond acceptors (Lipinski definition) is 3. The van der Waals surface area contributed by atoms with E-state index >= 15 is 0 Å². The number of benzene rings is 2. The number of carbonyl (C=O) groups excluding carboxylic acids is 1. The van der Waals surface area contributed by atoms with Crippen molar-refractivity contribution in [3.05, 3.63) is 70.1 Å². The molecular weight excluding hydrogens is 393 g/mol. The van der Waals surface area contributed by atoms with Gasteiger partial charge in [0.25, 0.3) is 0 Å². The van der Waals surface area contributed by atoms with E-state index in [0.29, 0.717) is 6.54 Å². The molecular formula is C23H23F3N2O2. The second-order valence-electron chi connectivity index (χ2n) is 7.93. The van der Waals surface area contributed by atoms with Gasteiger partial charge < -0.3 is 10.0 Å². The molecule has 1 N–H and O–H groups in total. The van der Waals surface area contributed by atoms with Crippen LogP contribution in [0.4, 0.5) is 24.5 Å². The van der Waals surface area contributed by atoms with E-state index in [1.54, 1.807) is 0 Å². The molecule has 0 aliphatic carbocycles. The van der Waals surface area contributed by atoms with Gasteiger partial charge in [-0.2, -0.15) is 13.2 Å². The van der Waals surface area contributed by atoms with Crippen LogP contribution in [0, 0.1) is 13.5 Å². The fourth-order valence-electron chi connectivity index (χ4n) is 3.89. The molecule has 158 valence electrons. The number of Topliss-reactive ketones (excluding diaryl/α,β-unsaturated/α-hetero) is 1. The summed E-state index contributed by atoms with van der Waals surface area (Å²) >= 11 is 0. The number of anilines is 1. The normalized spacial score (nSPS) is 15.8. The maximum absolute atomic E-state index is 13.2. The van der Waals surface area contributed by atoms with E-state index in [1.165, 1.54) is 18.6 Å². The first-order chi connectivity index (χ1) is 14.0. The number of halogens is 3. The Labute approximate surface area is 173 Å². The Morgan fingerprint density at radius 2 is 2.00 bits per heavy atom. The van der Waals surface area contributed by atoms with Gasteiger partial charge in [0, 0.05) is 18.7 Å². The van der Waals surface area contributed by atoms with Crippen LogP contribution in [0.25, 0.3) is 4.85 Å². The Kier molecular flexibility index (Phi) is 5.91. The summed E-state index contributed by atoms with van der Waals surface area (Å²) in [6.07, 6.45) is -3.20. The van der Waals surface area contributed by atoms with E-state index in [1.807, 2.05) is 30.0 Å². The smallest absolute Gasteiger partial charge is 0.380 e. The summed E-state index contributed by atoms with van der Waals surface area (Å²) in [6, 6.07) is 9.13. The Morgan fingerprint density at radius 3 is 2.67 bits per heavy atom. The molecule has 1 atom stereocenters. The molecule has 0 unspecified atom stereocenters. The SMILES string of the molecule is [C-]#[N+]c1ccc(CC(=O)[C@@](C)(O)CN2CCCc3c(C)cccc32)cc1C(F)(F)F. The predicted molar refractivity (Wildman–Crippen MR) is 109 cm³/mol. The Bertz CT molecular complexity index is 1010. The Hall–Kier alpha value is -2.85. The third kappa shape index (κ3) is 4.49. The lowest BCUT2D eigenvalue weighted by molar-refractivity contribution is -0.137. The topological polar surface area (TPSA) is 44.9 Å². The van der Waals surface area contributed by atoms with E-state index in [4.69, 9.17) is 6.57 Å². The quantitative estimate of drug-likeness (QED) is 0.707. The van der Waals surface area contributed by atoms with Crippen molar-refractivity contribution >= 4 is 17.2 Å². The number of β-amino-alcohol motifs (C(OH)–C–C–N with tert-alkyl or cyclic N) is 1. The van der Waals surface area contributed by atoms with E-state index < -0.39 is 28.8 Å². The third-order valence-electron chi connectivity index (χ3n) is 5.53.